The molecule has 0 saturated carbocycles. The van der Waals surface area contributed by atoms with Gasteiger partial charge < -0.3 is 9.80 Å². The van der Waals surface area contributed by atoms with Crippen LogP contribution in [0, 0.1) is 0 Å². The lowest BCUT2D eigenvalue weighted by molar-refractivity contribution is 0.838. The van der Waals surface area contributed by atoms with Crippen molar-refractivity contribution in [3.8, 4) is 55.6 Å². The molecule has 2 heterocycles. The fourth-order valence-electron chi connectivity index (χ4n) is 13.5. The molecule has 0 aliphatic carbocycles. The van der Waals surface area contributed by atoms with Crippen LogP contribution in [-0.4, -0.2) is 6.71 Å². The lowest BCUT2D eigenvalue weighted by atomic mass is 9.33. The third-order valence-electron chi connectivity index (χ3n) is 17.5. The Morgan fingerprint density at radius 3 is 0.951 bits per heavy atom. The van der Waals surface area contributed by atoms with E-state index >= 15 is 0 Å². The Kier molecular flexibility index (Phi) is 14.4. The molecule has 2 nitrogen and oxygen atoms in total. The molecule has 0 bridgehead atoms. The highest BCUT2D eigenvalue weighted by molar-refractivity contribution is 7.00. The van der Waals surface area contributed by atoms with Crippen LogP contribution in [0.2, 0.25) is 0 Å². The first kappa shape index (κ1) is 53.5. The van der Waals surface area contributed by atoms with Gasteiger partial charge in [0.15, 0.2) is 0 Å². The average molecular weight is 1050 g/mol. The van der Waals surface area contributed by atoms with Gasteiger partial charge in [0.25, 0.3) is 6.71 Å². The van der Waals surface area contributed by atoms with Crippen LogP contribution in [0.25, 0.3) is 55.6 Å². The number of nitrogens with zero attached hydrogens (tertiary/aromatic N) is 2. The summed E-state index contributed by atoms with van der Waals surface area (Å²) in [4.78, 5) is 5.23. The highest BCUT2D eigenvalue weighted by atomic mass is 15.2. The van der Waals surface area contributed by atoms with E-state index in [-0.39, 0.29) is 6.71 Å². The summed E-state index contributed by atoms with van der Waals surface area (Å²) in [5.41, 5.74) is 32.1. The van der Waals surface area contributed by atoms with E-state index < -0.39 is 0 Å². The Labute approximate surface area is 484 Å². The van der Waals surface area contributed by atoms with Gasteiger partial charge in [-0.05, 0) is 189 Å². The average Bonchev–Trinajstić information content (AvgIpc) is 3.59. The maximum atomic E-state index is 2.63. The van der Waals surface area contributed by atoms with E-state index in [1.54, 1.807) is 0 Å². The monoisotopic (exact) mass is 1050 g/mol. The minimum Gasteiger partial charge on any atom is -0.311 e. The molecule has 402 valence electrons. The quantitative estimate of drug-likeness (QED) is 0.106. The number of hydrogen-bond donors (Lipinski definition) is 0. The highest BCUT2D eigenvalue weighted by Gasteiger charge is 2.44. The van der Waals surface area contributed by atoms with Crippen molar-refractivity contribution in [1.29, 1.82) is 0 Å². The standard InChI is InChI=1S/C78H77BN2/c1-48(2)63-26-19-27-64(49(3)4)75(63)57-34-40-62(41-35-57)81-72-43-37-59(76-65(50(5)6)28-20-29-66(76)51(7)8)45-70(72)79-69-44-58(55-24-17-14-18-25-55)36-42-71(69)80(61-38-32-56(33-39-61)54-22-15-13-16-23-54)73-46-60(47-74(81)78(73)79)77-67(52(9)10)30-21-31-68(77)53(11)12/h13-53H,1-12H3. The molecule has 0 atom stereocenters. The lowest BCUT2D eigenvalue weighted by Gasteiger charge is -2.45. The first-order valence-electron chi connectivity index (χ1n) is 29.9. The zero-order valence-corrected chi connectivity index (χ0v) is 49.6. The van der Waals surface area contributed by atoms with Crippen LogP contribution < -0.4 is 26.2 Å². The fourth-order valence-corrected chi connectivity index (χ4v) is 13.5. The summed E-state index contributed by atoms with van der Waals surface area (Å²) >= 11 is 0. The van der Waals surface area contributed by atoms with Gasteiger partial charge in [-0.25, -0.2) is 0 Å². The van der Waals surface area contributed by atoms with Crippen molar-refractivity contribution in [2.75, 3.05) is 9.80 Å². The molecule has 0 radical (unpaired) electrons. The van der Waals surface area contributed by atoms with Crippen molar-refractivity contribution in [3.63, 3.8) is 0 Å². The van der Waals surface area contributed by atoms with Gasteiger partial charge in [-0.3, -0.25) is 0 Å². The van der Waals surface area contributed by atoms with Gasteiger partial charge in [-0.2, -0.15) is 0 Å². The lowest BCUT2D eigenvalue weighted by Crippen LogP contribution is -2.61. The third kappa shape index (κ3) is 9.53. The van der Waals surface area contributed by atoms with Crippen molar-refractivity contribution in [2.24, 2.45) is 0 Å². The van der Waals surface area contributed by atoms with Crippen molar-refractivity contribution in [3.05, 3.63) is 246 Å². The predicted octanol–water partition coefficient (Wildman–Crippen LogP) is 20.8. The van der Waals surface area contributed by atoms with E-state index in [4.69, 9.17) is 0 Å². The fraction of sp³-hybridized carbons (Fsp3) is 0.231. The van der Waals surface area contributed by atoms with E-state index in [0.717, 1.165) is 11.4 Å². The molecule has 2 aliphatic rings. The van der Waals surface area contributed by atoms with E-state index in [0.29, 0.717) is 35.5 Å². The van der Waals surface area contributed by atoms with E-state index in [2.05, 4.69) is 305 Å². The molecule has 2 aliphatic heterocycles. The molecule has 0 amide bonds. The highest BCUT2D eigenvalue weighted by Crippen LogP contribution is 2.50. The van der Waals surface area contributed by atoms with Gasteiger partial charge in [0.05, 0.1) is 0 Å². The zero-order chi connectivity index (χ0) is 56.4. The molecular formula is C78H77BN2. The summed E-state index contributed by atoms with van der Waals surface area (Å²) < 4.78 is 0. The Hall–Kier alpha value is -8.14. The topological polar surface area (TPSA) is 6.48 Å². The van der Waals surface area contributed by atoms with Crippen molar-refractivity contribution >= 4 is 57.2 Å². The van der Waals surface area contributed by atoms with Gasteiger partial charge in [-0.1, -0.05) is 247 Å². The molecule has 0 N–H and O–H groups in total. The van der Waals surface area contributed by atoms with Crippen LogP contribution in [0.5, 0.6) is 0 Å². The van der Waals surface area contributed by atoms with Crippen molar-refractivity contribution < 1.29 is 0 Å². The maximum absolute atomic E-state index is 2.63. The number of hydrogen-bond acceptors (Lipinski definition) is 2. The molecule has 12 rings (SSSR count). The second kappa shape index (κ2) is 21.7. The van der Waals surface area contributed by atoms with Crippen LogP contribution in [0.3, 0.4) is 0 Å². The maximum Gasteiger partial charge on any atom is 0.252 e. The Morgan fingerprint density at radius 2 is 0.556 bits per heavy atom. The van der Waals surface area contributed by atoms with Crippen LogP contribution in [0.1, 0.15) is 152 Å². The molecule has 0 spiro atoms. The summed E-state index contributed by atoms with van der Waals surface area (Å²) in [6.45, 7) is 28.0. The van der Waals surface area contributed by atoms with Gasteiger partial charge >= 0.3 is 0 Å². The minimum absolute atomic E-state index is 0.0989. The number of fused-ring (bicyclic) bond motifs is 4. The molecule has 0 aromatic heterocycles. The van der Waals surface area contributed by atoms with Crippen LogP contribution in [-0.2, 0) is 0 Å². The van der Waals surface area contributed by atoms with Crippen LogP contribution in [0.4, 0.5) is 34.1 Å². The molecule has 0 fully saturated rings. The smallest absolute Gasteiger partial charge is 0.252 e. The van der Waals surface area contributed by atoms with Gasteiger partial charge in [0.1, 0.15) is 0 Å². The van der Waals surface area contributed by atoms with Crippen LogP contribution in [0.15, 0.2) is 212 Å². The predicted molar refractivity (Wildman–Crippen MR) is 352 cm³/mol. The number of anilines is 6. The normalized spacial score (nSPS) is 12.8. The first-order valence-corrected chi connectivity index (χ1v) is 29.9. The van der Waals surface area contributed by atoms with Gasteiger partial charge in [-0.15, -0.1) is 0 Å². The molecule has 10 aromatic rings. The summed E-state index contributed by atoms with van der Waals surface area (Å²) in [6, 6.07) is 81.5. The SMILES string of the molecule is CC(C)c1cccc(C(C)C)c1-c1ccc(N2c3ccc(-c4c(C(C)C)cccc4C(C)C)cc3B3c4cc(-c5ccccc5)ccc4N(c4ccc(-c5ccccc5)cc4)c4cc(-c5c(C(C)C)cccc5C(C)C)cc2c43)cc1. The summed E-state index contributed by atoms with van der Waals surface area (Å²) in [5.74, 6) is 2.10. The molecule has 10 aromatic carbocycles. The van der Waals surface area contributed by atoms with Crippen molar-refractivity contribution in [1.82, 2.24) is 0 Å². The molecular weight excluding hydrogens is 976 g/mol. The molecule has 0 saturated heterocycles. The molecule has 3 heteroatoms. The van der Waals surface area contributed by atoms with Crippen molar-refractivity contribution in [2.45, 2.75) is 119 Å². The third-order valence-corrected chi connectivity index (χ3v) is 17.5. The van der Waals surface area contributed by atoms with Gasteiger partial charge in [0, 0.05) is 34.1 Å². The second-order valence-electron chi connectivity index (χ2n) is 24.8. The van der Waals surface area contributed by atoms with E-state index in [9.17, 15) is 0 Å². The Balaban J connectivity index is 1.21. The van der Waals surface area contributed by atoms with Gasteiger partial charge in [0.2, 0.25) is 0 Å². The summed E-state index contributed by atoms with van der Waals surface area (Å²) in [7, 11) is 0. The van der Waals surface area contributed by atoms with E-state index in [1.165, 1.54) is 128 Å². The van der Waals surface area contributed by atoms with Crippen LogP contribution >= 0.6 is 0 Å². The Morgan fingerprint density at radius 1 is 0.247 bits per heavy atom. The second-order valence-corrected chi connectivity index (χ2v) is 24.8. The van der Waals surface area contributed by atoms with E-state index in [1.807, 2.05) is 0 Å². The number of benzene rings is 10. The zero-order valence-electron chi connectivity index (χ0n) is 49.6. The Bertz CT molecular complexity index is 3860. The summed E-state index contributed by atoms with van der Waals surface area (Å²) in [6.07, 6.45) is 0. The first-order chi connectivity index (χ1) is 39.2. The minimum atomic E-state index is -0.0989. The molecule has 81 heavy (non-hydrogen) atoms. The largest absolute Gasteiger partial charge is 0.311 e. The summed E-state index contributed by atoms with van der Waals surface area (Å²) in [5, 5.41) is 0. The molecule has 0 unspecified atom stereocenters. The number of rotatable bonds is 13.